The number of rotatable bonds is 5. The van der Waals surface area contributed by atoms with Gasteiger partial charge in [-0.2, -0.15) is 5.10 Å². The van der Waals surface area contributed by atoms with E-state index in [4.69, 9.17) is 11.6 Å². The Kier molecular flexibility index (Phi) is 6.10. The van der Waals surface area contributed by atoms with Crippen molar-refractivity contribution in [1.29, 1.82) is 0 Å². The third-order valence-corrected chi connectivity index (χ3v) is 6.77. The average Bonchev–Trinajstić information content (AvgIpc) is 3.28. The summed E-state index contributed by atoms with van der Waals surface area (Å²) in [5, 5.41) is 14.6. The van der Waals surface area contributed by atoms with Crippen molar-refractivity contribution >= 4 is 22.5 Å². The maximum absolute atomic E-state index is 13.9. The number of piperidine rings is 1. The molecule has 0 unspecified atom stereocenters. The highest BCUT2D eigenvalue weighted by Crippen LogP contribution is 2.33. The van der Waals surface area contributed by atoms with Gasteiger partial charge in [-0.3, -0.25) is 14.0 Å². The van der Waals surface area contributed by atoms with Crippen LogP contribution in [0.1, 0.15) is 19.8 Å². The van der Waals surface area contributed by atoms with Crippen LogP contribution in [0.15, 0.2) is 53.5 Å². The Morgan fingerprint density at radius 3 is 2.51 bits per heavy atom. The summed E-state index contributed by atoms with van der Waals surface area (Å²) in [5.74, 6) is 1.34. The number of hydrogen-bond donors (Lipinski definition) is 1. The lowest BCUT2D eigenvalue weighted by atomic mass is 9.98. The Morgan fingerprint density at radius 2 is 1.83 bits per heavy atom. The zero-order chi connectivity index (χ0) is 24.5. The number of hydrogen-bond acceptors (Lipinski definition) is 5. The molecule has 0 radical (unpaired) electrons. The van der Waals surface area contributed by atoms with E-state index < -0.39 is 0 Å². The number of aliphatic hydroxyl groups excluding tert-OH is 1. The fraction of sp³-hybridized carbons (Fsp3) is 0.333. The van der Waals surface area contributed by atoms with Gasteiger partial charge in [0.1, 0.15) is 0 Å². The minimum absolute atomic E-state index is 0.00674. The van der Waals surface area contributed by atoms with Crippen LogP contribution in [0.4, 0.5) is 11.6 Å². The zero-order valence-electron chi connectivity index (χ0n) is 20.0. The molecule has 0 saturated carbocycles. The van der Waals surface area contributed by atoms with Crippen LogP contribution in [0.5, 0.6) is 0 Å². The lowest BCUT2D eigenvalue weighted by Crippen LogP contribution is -2.38. The van der Waals surface area contributed by atoms with Crippen molar-refractivity contribution in [2.75, 3.05) is 24.6 Å². The summed E-state index contributed by atoms with van der Waals surface area (Å²) in [6, 6.07) is 13.0. The summed E-state index contributed by atoms with van der Waals surface area (Å²) in [7, 11) is 1.79. The van der Waals surface area contributed by atoms with Gasteiger partial charge in [0.15, 0.2) is 5.69 Å². The van der Waals surface area contributed by atoms with Gasteiger partial charge in [-0.1, -0.05) is 37.3 Å². The summed E-state index contributed by atoms with van der Waals surface area (Å²) < 4.78 is 3.36. The zero-order valence-corrected chi connectivity index (χ0v) is 20.0. The lowest BCUT2D eigenvalue weighted by molar-refractivity contribution is 0.270. The normalized spacial score (nSPS) is 14.4. The number of aliphatic hydroxyl groups is 1. The molecule has 8 nitrogen and oxygen atoms in total. The number of fused-ring (bicyclic) bond motifs is 1. The molecule has 0 amide bonds. The molecular formula is C27H28N6O2. The number of nitrogens with zero attached hydrogens (tertiary/aromatic N) is 6. The van der Waals surface area contributed by atoms with Crippen molar-refractivity contribution in [1.82, 2.24) is 19.3 Å². The molecule has 8 heteroatoms. The predicted octanol–water partition coefficient (Wildman–Crippen LogP) is 4.24. The molecule has 2 aromatic carbocycles. The van der Waals surface area contributed by atoms with Crippen LogP contribution in [-0.4, -0.2) is 44.1 Å². The summed E-state index contributed by atoms with van der Waals surface area (Å²) in [5.41, 5.74) is 3.93. The van der Waals surface area contributed by atoms with Crippen LogP contribution in [0.3, 0.4) is 0 Å². The third-order valence-electron chi connectivity index (χ3n) is 6.77. The largest absolute Gasteiger partial charge is 0.394 e. The van der Waals surface area contributed by atoms with E-state index in [1.54, 1.807) is 28.4 Å². The van der Waals surface area contributed by atoms with E-state index in [0.29, 0.717) is 35.4 Å². The highest BCUT2D eigenvalue weighted by Gasteiger charge is 2.24. The van der Waals surface area contributed by atoms with Crippen LogP contribution in [0.25, 0.3) is 38.1 Å². The fourth-order valence-corrected chi connectivity index (χ4v) is 4.69. The Labute approximate surface area is 203 Å². The molecule has 1 aliphatic heterocycles. The van der Waals surface area contributed by atoms with E-state index in [1.165, 1.54) is 0 Å². The maximum Gasteiger partial charge on any atom is 0.263 e. The second-order valence-electron chi connectivity index (χ2n) is 9.22. The Morgan fingerprint density at radius 1 is 1.11 bits per heavy atom. The molecule has 0 atom stereocenters. The van der Waals surface area contributed by atoms with Gasteiger partial charge in [0, 0.05) is 31.7 Å². The van der Waals surface area contributed by atoms with Crippen LogP contribution in [0, 0.1) is 12.5 Å². The smallest absolute Gasteiger partial charge is 0.263 e. The first-order valence-corrected chi connectivity index (χ1v) is 11.9. The van der Waals surface area contributed by atoms with Gasteiger partial charge in [-0.15, -0.1) is 0 Å². The molecule has 0 spiro atoms. The standard InChI is InChI=1S/C27H28N6O2/c1-18-10-12-32(13-11-18)27-29-25(19-4-7-22(28-2)8-5-19)24(26(35)31(27)3)20-6-9-23-21(16-20)17-33(30-23)14-15-34/h4-9,16-18,34H,10-15H2,1,3H3. The molecule has 0 bridgehead atoms. The summed E-state index contributed by atoms with van der Waals surface area (Å²) in [4.78, 5) is 24.6. The van der Waals surface area contributed by atoms with Crippen molar-refractivity contribution < 1.29 is 5.11 Å². The molecule has 1 fully saturated rings. The van der Waals surface area contributed by atoms with E-state index in [2.05, 4.69) is 21.8 Å². The first kappa shape index (κ1) is 22.8. The molecule has 0 aliphatic carbocycles. The van der Waals surface area contributed by atoms with Gasteiger partial charge in [-0.05, 0) is 42.0 Å². The summed E-state index contributed by atoms with van der Waals surface area (Å²) in [6.07, 6.45) is 4.02. The van der Waals surface area contributed by atoms with Gasteiger partial charge in [-0.25, -0.2) is 9.83 Å². The first-order chi connectivity index (χ1) is 17.0. The second kappa shape index (κ2) is 9.35. The van der Waals surface area contributed by atoms with Gasteiger partial charge in [0.05, 0.1) is 36.5 Å². The Balaban J connectivity index is 1.70. The van der Waals surface area contributed by atoms with Crippen molar-refractivity contribution in [2.45, 2.75) is 26.3 Å². The van der Waals surface area contributed by atoms with E-state index in [1.807, 2.05) is 36.5 Å². The van der Waals surface area contributed by atoms with Gasteiger partial charge in [0.2, 0.25) is 5.95 Å². The van der Waals surface area contributed by atoms with Gasteiger partial charge >= 0.3 is 0 Å². The van der Waals surface area contributed by atoms with E-state index in [9.17, 15) is 9.90 Å². The average molecular weight is 469 g/mol. The molecule has 1 aliphatic rings. The van der Waals surface area contributed by atoms with Crippen LogP contribution in [-0.2, 0) is 13.6 Å². The summed E-state index contributed by atoms with van der Waals surface area (Å²) in [6.45, 7) is 11.7. The highest BCUT2D eigenvalue weighted by molar-refractivity contribution is 5.88. The van der Waals surface area contributed by atoms with Crippen molar-refractivity contribution in [3.63, 3.8) is 0 Å². The second-order valence-corrected chi connectivity index (χ2v) is 9.22. The maximum atomic E-state index is 13.9. The predicted molar refractivity (Wildman–Crippen MR) is 138 cm³/mol. The van der Waals surface area contributed by atoms with Crippen LogP contribution in [0.2, 0.25) is 0 Å². The molecule has 178 valence electrons. The SMILES string of the molecule is [C-]#[N+]c1ccc(-c2nc(N3CCC(C)CC3)n(C)c(=O)c2-c2ccc3nn(CCO)cc3c2)cc1. The number of benzene rings is 2. The van der Waals surface area contributed by atoms with Crippen molar-refractivity contribution in [3.05, 3.63) is 70.4 Å². The third kappa shape index (κ3) is 4.31. The van der Waals surface area contributed by atoms with E-state index >= 15 is 0 Å². The minimum atomic E-state index is -0.111. The van der Waals surface area contributed by atoms with Gasteiger partial charge in [0.25, 0.3) is 5.56 Å². The molecule has 2 aromatic heterocycles. The van der Waals surface area contributed by atoms with E-state index in [0.717, 1.165) is 48.0 Å². The Hall–Kier alpha value is -3.96. The fourth-order valence-electron chi connectivity index (χ4n) is 4.69. The quantitative estimate of drug-likeness (QED) is 0.443. The Bertz CT molecular complexity index is 1470. The molecule has 5 rings (SSSR count). The molecule has 35 heavy (non-hydrogen) atoms. The molecule has 4 aromatic rings. The topological polar surface area (TPSA) is 80.5 Å². The highest BCUT2D eigenvalue weighted by atomic mass is 16.3. The number of aromatic nitrogens is 4. The van der Waals surface area contributed by atoms with Crippen LogP contribution >= 0.6 is 0 Å². The van der Waals surface area contributed by atoms with Crippen LogP contribution < -0.4 is 10.5 Å². The minimum Gasteiger partial charge on any atom is -0.394 e. The molecular weight excluding hydrogens is 440 g/mol. The molecule has 1 N–H and O–H groups in total. The molecule has 1 saturated heterocycles. The molecule has 3 heterocycles. The number of anilines is 1. The van der Waals surface area contributed by atoms with E-state index in [-0.39, 0.29) is 12.2 Å². The summed E-state index contributed by atoms with van der Waals surface area (Å²) >= 11 is 0. The monoisotopic (exact) mass is 468 g/mol. The van der Waals surface area contributed by atoms with Crippen molar-refractivity contribution in [2.24, 2.45) is 13.0 Å². The first-order valence-electron chi connectivity index (χ1n) is 11.9. The van der Waals surface area contributed by atoms with Gasteiger partial charge < -0.3 is 10.0 Å². The lowest BCUT2D eigenvalue weighted by Gasteiger charge is -2.32. The van der Waals surface area contributed by atoms with Crippen molar-refractivity contribution in [3.8, 4) is 22.4 Å².